The van der Waals surface area contributed by atoms with Crippen LogP contribution in [0, 0.1) is 5.82 Å². The Morgan fingerprint density at radius 3 is 2.02 bits per heavy atom. The molecule has 0 saturated carbocycles. The third-order valence-electron chi connectivity index (χ3n) is 6.82. The normalized spacial score (nSPS) is 11.9. The minimum atomic E-state index is -4.30. The Hall–Kier alpha value is -4.21. The molecule has 7 nitrogen and oxygen atoms in total. The summed E-state index contributed by atoms with van der Waals surface area (Å²) < 4.78 is 42.8. The first-order valence-electron chi connectivity index (χ1n) is 13.9. The number of sulfonamides is 1. The lowest BCUT2D eigenvalue weighted by atomic mass is 10.0. The number of carbonyl (C=O) groups is 2. The Morgan fingerprint density at radius 1 is 0.860 bits per heavy atom. The van der Waals surface area contributed by atoms with Crippen LogP contribution in [0.4, 0.5) is 10.1 Å². The van der Waals surface area contributed by atoms with Gasteiger partial charge in [-0.2, -0.15) is 0 Å². The highest BCUT2D eigenvalue weighted by Crippen LogP contribution is 2.28. The molecule has 0 fully saturated rings. The smallest absolute Gasteiger partial charge is 0.264 e. The number of halogens is 2. The van der Waals surface area contributed by atoms with E-state index in [1.165, 1.54) is 29.2 Å². The Kier molecular flexibility index (Phi) is 10.9. The molecular weight excluding hydrogens is 589 g/mol. The third kappa shape index (κ3) is 8.21. The monoisotopic (exact) mass is 621 g/mol. The molecule has 4 aromatic carbocycles. The van der Waals surface area contributed by atoms with Gasteiger partial charge < -0.3 is 10.2 Å². The lowest BCUT2D eigenvalue weighted by molar-refractivity contribution is -0.140. The highest BCUT2D eigenvalue weighted by atomic mass is 35.5. The third-order valence-corrected chi connectivity index (χ3v) is 8.90. The summed E-state index contributed by atoms with van der Waals surface area (Å²) in [5.41, 5.74) is 1.61. The second-order valence-corrected chi connectivity index (χ2v) is 12.2. The van der Waals surface area contributed by atoms with E-state index in [0.29, 0.717) is 13.0 Å². The molecule has 224 valence electrons. The van der Waals surface area contributed by atoms with Crippen LogP contribution in [0.25, 0.3) is 0 Å². The summed E-state index contributed by atoms with van der Waals surface area (Å²) >= 11 is 6.05. The van der Waals surface area contributed by atoms with Crippen molar-refractivity contribution in [1.29, 1.82) is 0 Å². The maximum atomic E-state index is 14.3. The summed E-state index contributed by atoms with van der Waals surface area (Å²) in [6, 6.07) is 28.7. The van der Waals surface area contributed by atoms with Crippen LogP contribution in [-0.2, 0) is 32.6 Å². The minimum Gasteiger partial charge on any atom is -0.354 e. The van der Waals surface area contributed by atoms with E-state index in [-0.39, 0.29) is 34.5 Å². The van der Waals surface area contributed by atoms with Crippen molar-refractivity contribution in [2.45, 2.75) is 37.2 Å². The van der Waals surface area contributed by atoms with Crippen LogP contribution in [0.5, 0.6) is 0 Å². The molecule has 0 aliphatic carbocycles. The molecule has 2 amide bonds. The summed E-state index contributed by atoms with van der Waals surface area (Å²) in [6.45, 7) is 1.75. The first-order chi connectivity index (χ1) is 20.7. The SMILES string of the molecule is CCCNC(=O)[C@@H](Cc1ccccc1)N(Cc1ccccc1)C(=O)CN(c1ccc(F)c(Cl)c1)S(=O)(=O)c1ccccc1. The Bertz CT molecular complexity index is 1620. The maximum absolute atomic E-state index is 14.3. The van der Waals surface area contributed by atoms with Crippen LogP contribution in [0.15, 0.2) is 114 Å². The van der Waals surface area contributed by atoms with Crippen LogP contribution in [0.3, 0.4) is 0 Å². The number of nitrogens with zero attached hydrogens (tertiary/aromatic N) is 2. The van der Waals surface area contributed by atoms with Crippen molar-refractivity contribution in [3.05, 3.63) is 131 Å². The van der Waals surface area contributed by atoms with E-state index >= 15 is 0 Å². The average Bonchev–Trinajstić information content (AvgIpc) is 3.03. The van der Waals surface area contributed by atoms with E-state index in [1.807, 2.05) is 67.6 Å². The largest absolute Gasteiger partial charge is 0.354 e. The fourth-order valence-electron chi connectivity index (χ4n) is 4.59. The zero-order chi connectivity index (χ0) is 30.8. The van der Waals surface area contributed by atoms with Crippen LogP contribution in [0.1, 0.15) is 24.5 Å². The molecule has 1 N–H and O–H groups in total. The molecule has 0 unspecified atom stereocenters. The number of benzene rings is 4. The molecular formula is C33H33ClFN3O4S. The summed E-state index contributed by atoms with van der Waals surface area (Å²) in [6.07, 6.45) is 0.910. The number of carbonyl (C=O) groups excluding carboxylic acids is 2. The molecule has 0 heterocycles. The van der Waals surface area contributed by atoms with Gasteiger partial charge in [0.05, 0.1) is 15.6 Å². The van der Waals surface area contributed by atoms with Crippen LogP contribution >= 0.6 is 11.6 Å². The Balaban J connectivity index is 1.79. The molecule has 0 spiro atoms. The van der Waals surface area contributed by atoms with Crippen LogP contribution in [-0.4, -0.2) is 44.3 Å². The quantitative estimate of drug-likeness (QED) is 0.203. The molecule has 0 bridgehead atoms. The van der Waals surface area contributed by atoms with Gasteiger partial charge in [0.1, 0.15) is 18.4 Å². The predicted molar refractivity (Wildman–Crippen MR) is 167 cm³/mol. The minimum absolute atomic E-state index is 0.0123. The van der Waals surface area contributed by atoms with E-state index < -0.39 is 34.3 Å². The zero-order valence-electron chi connectivity index (χ0n) is 23.7. The van der Waals surface area contributed by atoms with Crippen LogP contribution in [0.2, 0.25) is 5.02 Å². The van der Waals surface area contributed by atoms with E-state index in [2.05, 4.69) is 5.32 Å². The highest BCUT2D eigenvalue weighted by molar-refractivity contribution is 7.92. The lowest BCUT2D eigenvalue weighted by Crippen LogP contribution is -2.53. The van der Waals surface area contributed by atoms with Gasteiger partial charge >= 0.3 is 0 Å². The molecule has 0 aliphatic rings. The van der Waals surface area contributed by atoms with Crippen LogP contribution < -0.4 is 9.62 Å². The van der Waals surface area contributed by atoms with Crippen molar-refractivity contribution in [1.82, 2.24) is 10.2 Å². The van der Waals surface area contributed by atoms with E-state index in [4.69, 9.17) is 11.6 Å². The van der Waals surface area contributed by atoms with E-state index in [1.54, 1.807) is 18.2 Å². The number of amides is 2. The van der Waals surface area contributed by atoms with Gasteiger partial charge in [-0.3, -0.25) is 13.9 Å². The number of hydrogen-bond acceptors (Lipinski definition) is 4. The van der Waals surface area contributed by atoms with Crippen molar-refractivity contribution < 1.29 is 22.4 Å². The molecule has 4 rings (SSSR count). The summed E-state index contributed by atoms with van der Waals surface area (Å²) in [4.78, 5) is 29.3. The molecule has 4 aromatic rings. The van der Waals surface area contributed by atoms with Crippen molar-refractivity contribution >= 4 is 39.1 Å². The molecule has 43 heavy (non-hydrogen) atoms. The predicted octanol–water partition coefficient (Wildman–Crippen LogP) is 5.84. The fraction of sp³-hybridized carbons (Fsp3) is 0.212. The second-order valence-electron chi connectivity index (χ2n) is 9.93. The summed E-state index contributed by atoms with van der Waals surface area (Å²) in [5.74, 6) is -1.69. The zero-order valence-corrected chi connectivity index (χ0v) is 25.3. The van der Waals surface area contributed by atoms with E-state index in [9.17, 15) is 22.4 Å². The average molecular weight is 622 g/mol. The van der Waals surface area contributed by atoms with Gasteiger partial charge in [-0.25, -0.2) is 12.8 Å². The first kappa shape index (κ1) is 31.7. The van der Waals surface area contributed by atoms with Gasteiger partial charge in [-0.05, 0) is 47.9 Å². The van der Waals surface area contributed by atoms with Gasteiger partial charge in [0.2, 0.25) is 11.8 Å². The summed E-state index contributed by atoms with van der Waals surface area (Å²) in [7, 11) is -4.30. The summed E-state index contributed by atoms with van der Waals surface area (Å²) in [5, 5.41) is 2.61. The van der Waals surface area contributed by atoms with Crippen molar-refractivity contribution in [3.8, 4) is 0 Å². The van der Waals surface area contributed by atoms with E-state index in [0.717, 1.165) is 21.5 Å². The molecule has 0 aliphatic heterocycles. The van der Waals surface area contributed by atoms with Crippen molar-refractivity contribution in [3.63, 3.8) is 0 Å². The number of nitrogens with one attached hydrogen (secondary N) is 1. The molecule has 0 radical (unpaired) electrons. The van der Waals surface area contributed by atoms with Gasteiger partial charge in [0.15, 0.2) is 0 Å². The van der Waals surface area contributed by atoms with Crippen molar-refractivity contribution in [2.75, 3.05) is 17.4 Å². The Morgan fingerprint density at radius 2 is 1.44 bits per heavy atom. The van der Waals surface area contributed by atoms with Gasteiger partial charge in [-0.1, -0.05) is 97.4 Å². The number of rotatable bonds is 13. The van der Waals surface area contributed by atoms with Gasteiger partial charge in [0, 0.05) is 19.5 Å². The molecule has 10 heteroatoms. The highest BCUT2D eigenvalue weighted by Gasteiger charge is 2.34. The standard InChI is InChI=1S/C33H33ClFN3O4S/c1-2-20-36-33(40)31(21-25-12-6-3-7-13-25)37(23-26-14-8-4-9-15-26)32(39)24-38(27-18-19-30(35)29(34)22-27)43(41,42)28-16-10-5-11-17-28/h3-19,22,31H,2,20-21,23-24H2,1H3,(H,36,40)/t31-/m1/s1. The Labute approximate surface area is 257 Å². The maximum Gasteiger partial charge on any atom is 0.264 e. The van der Waals surface area contributed by atoms with Gasteiger partial charge in [-0.15, -0.1) is 0 Å². The molecule has 0 saturated heterocycles. The molecule has 1 atom stereocenters. The topological polar surface area (TPSA) is 86.8 Å². The fourth-order valence-corrected chi connectivity index (χ4v) is 6.19. The van der Waals surface area contributed by atoms with Crippen molar-refractivity contribution in [2.24, 2.45) is 0 Å². The second kappa shape index (κ2) is 14.8. The number of hydrogen-bond donors (Lipinski definition) is 1. The number of anilines is 1. The van der Waals surface area contributed by atoms with Gasteiger partial charge in [0.25, 0.3) is 10.0 Å². The molecule has 0 aromatic heterocycles. The first-order valence-corrected chi connectivity index (χ1v) is 15.7. The lowest BCUT2D eigenvalue weighted by Gasteiger charge is -2.34.